The topological polar surface area (TPSA) is 50.4 Å². The van der Waals surface area contributed by atoms with E-state index >= 15 is 0 Å². The van der Waals surface area contributed by atoms with Crippen LogP contribution < -0.4 is 11.1 Å². The standard InChI is InChI=1S/C12H18BrN3/c1-3-9(2)16-12(14)15-8-10-4-6-11(13)7-5-10/h4-7,9H,3,8H2,1-2H3,(H3,14,15,16). The summed E-state index contributed by atoms with van der Waals surface area (Å²) in [4.78, 5) is 4.28. The van der Waals surface area contributed by atoms with E-state index in [-0.39, 0.29) is 0 Å². The largest absolute Gasteiger partial charge is 0.370 e. The van der Waals surface area contributed by atoms with Gasteiger partial charge in [-0.25, -0.2) is 4.99 Å². The predicted molar refractivity (Wildman–Crippen MR) is 72.4 cm³/mol. The Morgan fingerprint density at radius 1 is 1.44 bits per heavy atom. The molecule has 0 saturated carbocycles. The predicted octanol–water partition coefficient (Wildman–Crippen LogP) is 2.65. The van der Waals surface area contributed by atoms with Crippen LogP contribution in [0.3, 0.4) is 0 Å². The number of rotatable bonds is 4. The van der Waals surface area contributed by atoms with Crippen LogP contribution in [0.2, 0.25) is 0 Å². The first-order valence-electron chi connectivity index (χ1n) is 5.42. The summed E-state index contributed by atoms with van der Waals surface area (Å²) in [6, 6.07) is 8.44. The van der Waals surface area contributed by atoms with Crippen LogP contribution in [0.4, 0.5) is 0 Å². The molecule has 0 heterocycles. The van der Waals surface area contributed by atoms with Gasteiger partial charge < -0.3 is 11.1 Å². The minimum atomic E-state index is 0.369. The van der Waals surface area contributed by atoms with E-state index < -0.39 is 0 Å². The first kappa shape index (κ1) is 13.0. The highest BCUT2D eigenvalue weighted by atomic mass is 79.9. The molecule has 3 N–H and O–H groups in total. The van der Waals surface area contributed by atoms with Gasteiger partial charge >= 0.3 is 0 Å². The number of hydrogen-bond donors (Lipinski definition) is 2. The molecule has 88 valence electrons. The zero-order valence-corrected chi connectivity index (χ0v) is 11.3. The fourth-order valence-corrected chi connectivity index (χ4v) is 1.43. The Hall–Kier alpha value is -1.03. The second kappa shape index (κ2) is 6.53. The van der Waals surface area contributed by atoms with Crippen molar-refractivity contribution in [3.05, 3.63) is 34.3 Å². The van der Waals surface area contributed by atoms with Crippen LogP contribution >= 0.6 is 15.9 Å². The Balaban J connectivity index is 2.49. The van der Waals surface area contributed by atoms with E-state index in [1.807, 2.05) is 24.3 Å². The van der Waals surface area contributed by atoms with E-state index in [1.54, 1.807) is 0 Å². The molecule has 16 heavy (non-hydrogen) atoms. The van der Waals surface area contributed by atoms with Gasteiger partial charge in [0.25, 0.3) is 0 Å². The molecule has 0 amide bonds. The van der Waals surface area contributed by atoms with Crippen molar-refractivity contribution in [2.24, 2.45) is 10.7 Å². The molecule has 0 aliphatic rings. The molecule has 1 aromatic rings. The van der Waals surface area contributed by atoms with Gasteiger partial charge in [-0.1, -0.05) is 35.0 Å². The molecule has 4 heteroatoms. The molecular weight excluding hydrogens is 266 g/mol. The Labute approximate surface area is 105 Å². The van der Waals surface area contributed by atoms with E-state index in [9.17, 15) is 0 Å². The van der Waals surface area contributed by atoms with Crippen LogP contribution in [-0.2, 0) is 6.54 Å². The lowest BCUT2D eigenvalue weighted by molar-refractivity contribution is 0.636. The number of benzene rings is 1. The molecule has 1 unspecified atom stereocenters. The van der Waals surface area contributed by atoms with Crippen LogP contribution in [-0.4, -0.2) is 12.0 Å². The van der Waals surface area contributed by atoms with Gasteiger partial charge in [-0.2, -0.15) is 0 Å². The summed E-state index contributed by atoms with van der Waals surface area (Å²) in [6.07, 6.45) is 1.04. The fourth-order valence-electron chi connectivity index (χ4n) is 1.17. The minimum absolute atomic E-state index is 0.369. The maximum Gasteiger partial charge on any atom is 0.189 e. The Bertz CT molecular complexity index is 346. The molecular formula is C12H18BrN3. The fraction of sp³-hybridized carbons (Fsp3) is 0.417. The number of nitrogens with one attached hydrogen (secondary N) is 1. The number of nitrogens with two attached hydrogens (primary N) is 1. The van der Waals surface area contributed by atoms with Crippen molar-refractivity contribution in [3.8, 4) is 0 Å². The van der Waals surface area contributed by atoms with E-state index in [0.29, 0.717) is 18.5 Å². The molecule has 0 radical (unpaired) electrons. The van der Waals surface area contributed by atoms with Gasteiger partial charge in [0.2, 0.25) is 0 Å². The zero-order valence-electron chi connectivity index (χ0n) is 9.70. The van der Waals surface area contributed by atoms with Crippen molar-refractivity contribution >= 4 is 21.9 Å². The molecule has 0 fully saturated rings. The molecule has 0 bridgehead atoms. The number of halogens is 1. The number of hydrogen-bond acceptors (Lipinski definition) is 1. The summed E-state index contributed by atoms with van der Waals surface area (Å²) in [7, 11) is 0. The number of nitrogens with zero attached hydrogens (tertiary/aromatic N) is 1. The summed E-state index contributed by atoms with van der Waals surface area (Å²) in [5.74, 6) is 0.511. The van der Waals surface area contributed by atoms with Crippen LogP contribution in [0.1, 0.15) is 25.8 Å². The maximum absolute atomic E-state index is 5.76. The summed E-state index contributed by atoms with van der Waals surface area (Å²) < 4.78 is 1.07. The Kier molecular flexibility index (Phi) is 5.32. The van der Waals surface area contributed by atoms with E-state index in [1.165, 1.54) is 0 Å². The second-order valence-corrected chi connectivity index (χ2v) is 4.70. The normalized spacial score (nSPS) is 13.6. The van der Waals surface area contributed by atoms with Crippen LogP contribution in [0.5, 0.6) is 0 Å². The monoisotopic (exact) mass is 283 g/mol. The summed E-state index contributed by atoms with van der Waals surface area (Å²) in [5.41, 5.74) is 6.91. The van der Waals surface area contributed by atoms with Gasteiger partial charge in [-0.05, 0) is 31.0 Å². The first-order valence-corrected chi connectivity index (χ1v) is 6.22. The lowest BCUT2D eigenvalue weighted by atomic mass is 10.2. The highest BCUT2D eigenvalue weighted by Gasteiger charge is 1.98. The lowest BCUT2D eigenvalue weighted by Crippen LogP contribution is -2.38. The van der Waals surface area contributed by atoms with E-state index in [4.69, 9.17) is 5.73 Å². The van der Waals surface area contributed by atoms with Crippen LogP contribution in [0, 0.1) is 0 Å². The SMILES string of the molecule is CCC(C)NC(N)=NCc1ccc(Br)cc1. The van der Waals surface area contributed by atoms with Gasteiger partial charge in [-0.15, -0.1) is 0 Å². The molecule has 0 saturated heterocycles. The average Bonchev–Trinajstić information content (AvgIpc) is 2.28. The van der Waals surface area contributed by atoms with Gasteiger partial charge in [0, 0.05) is 10.5 Å². The van der Waals surface area contributed by atoms with Crippen LogP contribution in [0.25, 0.3) is 0 Å². The minimum Gasteiger partial charge on any atom is -0.370 e. The molecule has 0 aromatic heterocycles. The van der Waals surface area contributed by atoms with Crippen molar-refractivity contribution in [2.75, 3.05) is 0 Å². The first-order chi connectivity index (χ1) is 7.61. The van der Waals surface area contributed by atoms with Gasteiger partial charge in [0.15, 0.2) is 5.96 Å². The van der Waals surface area contributed by atoms with Crippen molar-refractivity contribution in [2.45, 2.75) is 32.9 Å². The Morgan fingerprint density at radius 2 is 2.06 bits per heavy atom. The highest BCUT2D eigenvalue weighted by molar-refractivity contribution is 9.10. The number of aliphatic imine (C=N–C) groups is 1. The van der Waals surface area contributed by atoms with Crippen molar-refractivity contribution < 1.29 is 0 Å². The molecule has 1 atom stereocenters. The van der Waals surface area contributed by atoms with E-state index in [0.717, 1.165) is 16.5 Å². The molecule has 0 spiro atoms. The summed E-state index contributed by atoms with van der Waals surface area (Å²) >= 11 is 3.39. The van der Waals surface area contributed by atoms with Crippen LogP contribution in [0.15, 0.2) is 33.7 Å². The third-order valence-electron chi connectivity index (χ3n) is 2.35. The van der Waals surface area contributed by atoms with Crippen molar-refractivity contribution in [1.82, 2.24) is 5.32 Å². The Morgan fingerprint density at radius 3 is 2.62 bits per heavy atom. The van der Waals surface area contributed by atoms with Gasteiger partial charge in [-0.3, -0.25) is 0 Å². The zero-order chi connectivity index (χ0) is 12.0. The second-order valence-electron chi connectivity index (χ2n) is 3.78. The molecule has 1 aromatic carbocycles. The smallest absolute Gasteiger partial charge is 0.189 e. The molecule has 0 aliphatic heterocycles. The molecule has 1 rings (SSSR count). The number of guanidine groups is 1. The lowest BCUT2D eigenvalue weighted by Gasteiger charge is -2.11. The van der Waals surface area contributed by atoms with Gasteiger partial charge in [0.05, 0.1) is 6.54 Å². The van der Waals surface area contributed by atoms with Crippen molar-refractivity contribution in [3.63, 3.8) is 0 Å². The molecule has 0 aliphatic carbocycles. The quantitative estimate of drug-likeness (QED) is 0.659. The van der Waals surface area contributed by atoms with Gasteiger partial charge in [0.1, 0.15) is 0 Å². The van der Waals surface area contributed by atoms with E-state index in [2.05, 4.69) is 40.1 Å². The third kappa shape index (κ3) is 4.66. The van der Waals surface area contributed by atoms with Crippen molar-refractivity contribution in [1.29, 1.82) is 0 Å². The molecule has 3 nitrogen and oxygen atoms in total. The summed E-state index contributed by atoms with van der Waals surface area (Å²) in [5, 5.41) is 3.13. The highest BCUT2D eigenvalue weighted by Crippen LogP contribution is 2.10. The maximum atomic E-state index is 5.76. The summed E-state index contributed by atoms with van der Waals surface area (Å²) in [6.45, 7) is 4.81. The average molecular weight is 284 g/mol. The third-order valence-corrected chi connectivity index (χ3v) is 2.88.